The van der Waals surface area contributed by atoms with E-state index >= 15 is 0 Å². The number of pyridine rings is 1. The topological polar surface area (TPSA) is 58.6 Å². The van der Waals surface area contributed by atoms with Crippen molar-refractivity contribution in [3.05, 3.63) is 78.2 Å². The average Bonchev–Trinajstić information content (AvgIpc) is 3.11. The maximum Gasteiger partial charge on any atom is 0.173 e. The molecule has 0 saturated heterocycles. The lowest BCUT2D eigenvalue weighted by Crippen LogP contribution is -2.03. The lowest BCUT2D eigenvalue weighted by molar-refractivity contribution is 0.102. The van der Waals surface area contributed by atoms with E-state index in [9.17, 15) is 9.18 Å². The van der Waals surface area contributed by atoms with Gasteiger partial charge in [0.05, 0.1) is 16.8 Å². The number of rotatable bonds is 5. The number of fused-ring (bicyclic) bond motifs is 1. The van der Waals surface area contributed by atoms with Gasteiger partial charge >= 0.3 is 0 Å². The lowest BCUT2D eigenvalue weighted by atomic mass is 10.1. The van der Waals surface area contributed by atoms with Gasteiger partial charge in [-0.05, 0) is 48.5 Å². The van der Waals surface area contributed by atoms with Crippen molar-refractivity contribution in [2.45, 2.75) is 5.03 Å². The number of carbonyl (C=O) groups is 1. The quantitative estimate of drug-likeness (QED) is 0.411. The van der Waals surface area contributed by atoms with Crippen molar-refractivity contribution in [2.24, 2.45) is 0 Å². The Morgan fingerprint density at radius 3 is 2.65 bits per heavy atom. The number of H-pyrrole nitrogens is 1. The molecule has 1 N–H and O–H groups in total. The number of hydrogen-bond donors (Lipinski definition) is 1. The van der Waals surface area contributed by atoms with Crippen LogP contribution in [0.2, 0.25) is 0 Å². The summed E-state index contributed by atoms with van der Waals surface area (Å²) in [6.07, 6.45) is 1.69. The van der Waals surface area contributed by atoms with Crippen molar-refractivity contribution in [2.75, 3.05) is 5.75 Å². The number of ketones is 1. The van der Waals surface area contributed by atoms with Crippen LogP contribution in [0.4, 0.5) is 4.39 Å². The second-order valence-electron chi connectivity index (χ2n) is 5.68. The molecule has 0 saturated carbocycles. The number of aromatic nitrogens is 3. The zero-order valence-electron chi connectivity index (χ0n) is 13.6. The molecule has 0 aliphatic heterocycles. The maximum atomic E-state index is 13.0. The van der Waals surface area contributed by atoms with Crippen LogP contribution < -0.4 is 0 Å². The number of aromatic amines is 1. The molecule has 26 heavy (non-hydrogen) atoms. The minimum atomic E-state index is -0.355. The zero-order valence-corrected chi connectivity index (χ0v) is 14.5. The zero-order chi connectivity index (χ0) is 17.9. The van der Waals surface area contributed by atoms with E-state index in [4.69, 9.17) is 0 Å². The molecule has 4 rings (SSSR count). The van der Waals surface area contributed by atoms with Gasteiger partial charge in [0.1, 0.15) is 16.7 Å². The molecule has 0 atom stereocenters. The lowest BCUT2D eigenvalue weighted by Gasteiger charge is -2.05. The van der Waals surface area contributed by atoms with Gasteiger partial charge in [-0.1, -0.05) is 23.9 Å². The van der Waals surface area contributed by atoms with Crippen LogP contribution in [0.3, 0.4) is 0 Å². The first-order valence-corrected chi connectivity index (χ1v) is 9.01. The number of Topliss-reactive ketones (excluding diaryl/α,β-unsaturated/α-hetero) is 1. The molecule has 4 nitrogen and oxygen atoms in total. The highest BCUT2D eigenvalue weighted by molar-refractivity contribution is 8.00. The number of halogens is 1. The van der Waals surface area contributed by atoms with Gasteiger partial charge in [0.2, 0.25) is 0 Å². The van der Waals surface area contributed by atoms with Gasteiger partial charge in [-0.3, -0.25) is 4.79 Å². The minimum absolute atomic E-state index is 0.0730. The van der Waals surface area contributed by atoms with E-state index in [2.05, 4.69) is 15.0 Å². The Kier molecular flexibility index (Phi) is 4.50. The monoisotopic (exact) mass is 363 g/mol. The Labute approximate surface area is 153 Å². The highest BCUT2D eigenvalue weighted by Gasteiger charge is 2.13. The summed E-state index contributed by atoms with van der Waals surface area (Å²) in [6.45, 7) is 0. The minimum Gasteiger partial charge on any atom is -0.338 e. The van der Waals surface area contributed by atoms with E-state index in [1.54, 1.807) is 6.20 Å². The first-order chi connectivity index (χ1) is 12.7. The molecule has 0 fully saturated rings. The van der Waals surface area contributed by atoms with E-state index in [1.165, 1.54) is 36.0 Å². The van der Waals surface area contributed by atoms with E-state index in [0.29, 0.717) is 5.56 Å². The third-order valence-electron chi connectivity index (χ3n) is 3.92. The highest BCUT2D eigenvalue weighted by atomic mass is 32.2. The molecule has 0 unspecified atom stereocenters. The molecule has 0 aliphatic carbocycles. The molecule has 0 bridgehead atoms. The normalized spacial score (nSPS) is 11.0. The van der Waals surface area contributed by atoms with Crippen molar-refractivity contribution < 1.29 is 9.18 Å². The van der Waals surface area contributed by atoms with E-state index < -0.39 is 0 Å². The Morgan fingerprint density at radius 2 is 1.85 bits per heavy atom. The van der Waals surface area contributed by atoms with Gasteiger partial charge in [-0.25, -0.2) is 14.4 Å². The van der Waals surface area contributed by atoms with E-state index in [0.717, 1.165) is 27.4 Å². The number of para-hydroxylation sites is 2. The van der Waals surface area contributed by atoms with E-state index in [-0.39, 0.29) is 17.4 Å². The van der Waals surface area contributed by atoms with Crippen molar-refractivity contribution in [3.63, 3.8) is 0 Å². The Balaban J connectivity index is 1.58. The molecule has 0 amide bonds. The van der Waals surface area contributed by atoms with Crippen LogP contribution >= 0.6 is 11.8 Å². The Hall–Kier alpha value is -2.99. The van der Waals surface area contributed by atoms with Crippen LogP contribution in [-0.2, 0) is 0 Å². The summed E-state index contributed by atoms with van der Waals surface area (Å²) in [6, 6.07) is 17.1. The fraction of sp³-hybridized carbons (Fsp3) is 0.0500. The molecular weight excluding hydrogens is 349 g/mol. The van der Waals surface area contributed by atoms with Crippen LogP contribution in [0.15, 0.2) is 71.9 Å². The molecule has 4 aromatic rings. The van der Waals surface area contributed by atoms with Gasteiger partial charge in [-0.15, -0.1) is 0 Å². The molecule has 2 aromatic heterocycles. The Morgan fingerprint density at radius 1 is 1.04 bits per heavy atom. The highest BCUT2D eigenvalue weighted by Crippen LogP contribution is 2.29. The average molecular weight is 363 g/mol. The molecule has 2 aromatic carbocycles. The van der Waals surface area contributed by atoms with E-state index in [1.807, 2.05) is 36.4 Å². The van der Waals surface area contributed by atoms with Crippen molar-refractivity contribution in [1.82, 2.24) is 15.0 Å². The molecule has 0 spiro atoms. The summed E-state index contributed by atoms with van der Waals surface area (Å²) in [5.74, 6) is 0.508. The number of carbonyl (C=O) groups excluding carboxylic acids is 1. The molecule has 0 aliphatic rings. The second-order valence-corrected chi connectivity index (χ2v) is 6.64. The predicted octanol–water partition coefficient (Wildman–Crippen LogP) is 4.74. The van der Waals surface area contributed by atoms with Crippen LogP contribution in [0.5, 0.6) is 0 Å². The van der Waals surface area contributed by atoms with Crippen molar-refractivity contribution >= 4 is 28.6 Å². The fourth-order valence-electron chi connectivity index (χ4n) is 2.62. The molecular formula is C20H14FN3OS. The molecule has 6 heteroatoms. The fourth-order valence-corrected chi connectivity index (χ4v) is 3.51. The summed E-state index contributed by atoms with van der Waals surface area (Å²) >= 11 is 1.34. The van der Waals surface area contributed by atoms with Crippen molar-refractivity contribution in [1.29, 1.82) is 0 Å². The number of hydrogen-bond acceptors (Lipinski definition) is 4. The largest absolute Gasteiger partial charge is 0.338 e. The number of benzene rings is 2. The third kappa shape index (κ3) is 3.36. The summed E-state index contributed by atoms with van der Waals surface area (Å²) < 4.78 is 13.0. The summed E-state index contributed by atoms with van der Waals surface area (Å²) in [5, 5.41) is 0.724. The van der Waals surface area contributed by atoms with Crippen molar-refractivity contribution in [3.8, 4) is 11.4 Å². The number of nitrogens with zero attached hydrogens (tertiary/aromatic N) is 2. The first-order valence-electron chi connectivity index (χ1n) is 8.02. The smallest absolute Gasteiger partial charge is 0.173 e. The third-order valence-corrected chi connectivity index (χ3v) is 4.93. The SMILES string of the molecule is O=C(CSc1ncccc1-c1nc2ccccc2[nH]1)c1ccc(F)cc1. The van der Waals surface area contributed by atoms with Gasteiger partial charge < -0.3 is 4.98 Å². The predicted molar refractivity (Wildman–Crippen MR) is 101 cm³/mol. The first kappa shape index (κ1) is 16.5. The number of nitrogens with one attached hydrogen (secondary N) is 1. The van der Waals surface area contributed by atoms with Gasteiger partial charge in [0.25, 0.3) is 0 Å². The van der Waals surface area contributed by atoms with Crippen LogP contribution in [0.25, 0.3) is 22.4 Å². The summed E-state index contributed by atoms with van der Waals surface area (Å²) in [4.78, 5) is 24.6. The van der Waals surface area contributed by atoms with Crippen LogP contribution in [-0.4, -0.2) is 26.5 Å². The molecule has 128 valence electrons. The second kappa shape index (κ2) is 7.09. The maximum absolute atomic E-state index is 13.0. The summed E-state index contributed by atoms with van der Waals surface area (Å²) in [5.41, 5.74) is 3.16. The van der Waals surface area contributed by atoms with Crippen LogP contribution in [0.1, 0.15) is 10.4 Å². The molecule has 0 radical (unpaired) electrons. The standard InChI is InChI=1S/C20H14FN3OS/c21-14-9-7-13(8-10-14)18(25)12-26-20-15(4-3-11-22-20)19-23-16-5-1-2-6-17(16)24-19/h1-11H,12H2,(H,23,24). The number of imidazole rings is 1. The Bertz CT molecular complexity index is 1040. The van der Waals surface area contributed by atoms with Gasteiger partial charge in [0.15, 0.2) is 5.78 Å². The van der Waals surface area contributed by atoms with Gasteiger partial charge in [0, 0.05) is 17.3 Å². The summed E-state index contributed by atoms with van der Waals surface area (Å²) in [7, 11) is 0. The van der Waals surface area contributed by atoms with Crippen LogP contribution in [0, 0.1) is 5.82 Å². The number of thioether (sulfide) groups is 1. The molecule has 2 heterocycles. The van der Waals surface area contributed by atoms with Gasteiger partial charge in [-0.2, -0.15) is 0 Å².